The zero-order chi connectivity index (χ0) is 14.7. The van der Waals surface area contributed by atoms with Gasteiger partial charge in [0.2, 0.25) is 17.8 Å². The topological polar surface area (TPSA) is 110 Å². The van der Waals surface area contributed by atoms with Gasteiger partial charge in [-0.3, -0.25) is 4.79 Å². The van der Waals surface area contributed by atoms with Crippen LogP contribution in [0, 0.1) is 0 Å². The van der Waals surface area contributed by atoms with E-state index in [-0.39, 0.29) is 11.9 Å². The first kappa shape index (κ1) is 13.3. The van der Waals surface area contributed by atoms with Crippen molar-refractivity contribution in [3.63, 3.8) is 0 Å². The third-order valence-corrected chi connectivity index (χ3v) is 3.16. The van der Waals surface area contributed by atoms with Crippen LogP contribution in [0.2, 0.25) is 0 Å². The lowest BCUT2D eigenvalue weighted by atomic mass is 10.1. The zero-order valence-corrected chi connectivity index (χ0v) is 11.6. The third kappa shape index (κ3) is 3.07. The van der Waals surface area contributed by atoms with Crippen molar-refractivity contribution in [3.05, 3.63) is 18.5 Å². The number of aromatic nitrogens is 5. The molecule has 9 nitrogen and oxygen atoms in total. The van der Waals surface area contributed by atoms with E-state index >= 15 is 0 Å². The number of carbonyl (C=O) groups excluding carboxylic acids is 1. The number of amides is 1. The first-order valence-corrected chi connectivity index (χ1v) is 6.71. The average Bonchev–Trinajstić information content (AvgIpc) is 3.04. The van der Waals surface area contributed by atoms with E-state index in [9.17, 15) is 4.79 Å². The molecule has 3 rings (SSSR count). The molecule has 21 heavy (non-hydrogen) atoms. The molecule has 0 aromatic carbocycles. The third-order valence-electron chi connectivity index (χ3n) is 3.16. The Hall–Kier alpha value is -2.71. The molecule has 0 aliphatic carbocycles. The van der Waals surface area contributed by atoms with Gasteiger partial charge in [0, 0.05) is 38.4 Å². The highest BCUT2D eigenvalue weighted by Gasteiger charge is 2.19. The number of nitrogens with one attached hydrogen (secondary N) is 3. The van der Waals surface area contributed by atoms with Crippen molar-refractivity contribution in [2.24, 2.45) is 0 Å². The number of rotatable bonds is 4. The fourth-order valence-electron chi connectivity index (χ4n) is 2.07. The summed E-state index contributed by atoms with van der Waals surface area (Å²) in [5.41, 5.74) is 0. The van der Waals surface area contributed by atoms with E-state index in [4.69, 9.17) is 0 Å². The molecule has 1 aliphatic heterocycles. The number of anilines is 2. The molecule has 1 saturated heterocycles. The first-order chi connectivity index (χ1) is 10.2. The molecule has 3 heterocycles. The molecule has 3 N–H and O–H groups in total. The van der Waals surface area contributed by atoms with Gasteiger partial charge in [-0.15, -0.1) is 0 Å². The SMILES string of the molecule is CNc1nc(NC2CCC(=O)NC2)nc(-n2cccn2)n1. The Bertz CT molecular complexity index is 616. The molecule has 1 atom stereocenters. The normalized spacial score (nSPS) is 18.1. The molecule has 0 bridgehead atoms. The maximum atomic E-state index is 11.2. The summed E-state index contributed by atoms with van der Waals surface area (Å²) in [4.78, 5) is 24.1. The summed E-state index contributed by atoms with van der Waals surface area (Å²) in [6.45, 7) is 0.566. The van der Waals surface area contributed by atoms with E-state index in [1.807, 2.05) is 0 Å². The zero-order valence-electron chi connectivity index (χ0n) is 11.6. The van der Waals surface area contributed by atoms with Crippen LogP contribution in [-0.2, 0) is 4.79 Å². The number of hydrogen-bond donors (Lipinski definition) is 3. The summed E-state index contributed by atoms with van der Waals surface area (Å²) in [6.07, 6.45) is 4.68. The van der Waals surface area contributed by atoms with Crippen LogP contribution >= 0.6 is 0 Å². The molecule has 110 valence electrons. The standard InChI is InChI=1S/C12H16N8O/c1-13-10-17-11(16-8-3-4-9(21)14-7-8)19-12(18-10)20-6-2-5-15-20/h2,5-6,8H,3-4,7H2,1H3,(H,14,21)(H2,13,16,17,18,19). The van der Waals surface area contributed by atoms with E-state index in [1.54, 1.807) is 30.2 Å². The van der Waals surface area contributed by atoms with Gasteiger partial charge in [-0.05, 0) is 12.5 Å². The van der Waals surface area contributed by atoms with Crippen molar-refractivity contribution in [3.8, 4) is 5.95 Å². The molecular formula is C12H16N8O. The van der Waals surface area contributed by atoms with E-state index in [2.05, 4.69) is 36.0 Å². The van der Waals surface area contributed by atoms with Gasteiger partial charge in [-0.25, -0.2) is 4.68 Å². The lowest BCUT2D eigenvalue weighted by Gasteiger charge is -2.23. The van der Waals surface area contributed by atoms with Gasteiger partial charge in [-0.2, -0.15) is 20.1 Å². The van der Waals surface area contributed by atoms with Crippen molar-refractivity contribution in [2.75, 3.05) is 24.2 Å². The molecular weight excluding hydrogens is 272 g/mol. The Balaban J connectivity index is 1.81. The van der Waals surface area contributed by atoms with Gasteiger partial charge in [0.15, 0.2) is 0 Å². The van der Waals surface area contributed by atoms with Crippen LogP contribution in [0.5, 0.6) is 0 Å². The number of piperidine rings is 1. The van der Waals surface area contributed by atoms with Crippen LogP contribution in [-0.4, -0.2) is 50.3 Å². The second-order valence-corrected chi connectivity index (χ2v) is 4.67. The smallest absolute Gasteiger partial charge is 0.257 e. The van der Waals surface area contributed by atoms with Crippen LogP contribution in [0.3, 0.4) is 0 Å². The van der Waals surface area contributed by atoms with E-state index in [1.165, 1.54) is 0 Å². The minimum Gasteiger partial charge on any atom is -0.357 e. The number of nitrogens with zero attached hydrogens (tertiary/aromatic N) is 5. The first-order valence-electron chi connectivity index (χ1n) is 6.71. The van der Waals surface area contributed by atoms with Gasteiger partial charge in [0.1, 0.15) is 0 Å². The summed E-state index contributed by atoms with van der Waals surface area (Å²) < 4.78 is 1.57. The highest BCUT2D eigenvalue weighted by molar-refractivity contribution is 5.76. The van der Waals surface area contributed by atoms with Gasteiger partial charge in [0.05, 0.1) is 0 Å². The monoisotopic (exact) mass is 288 g/mol. The van der Waals surface area contributed by atoms with Crippen LogP contribution in [0.4, 0.5) is 11.9 Å². The van der Waals surface area contributed by atoms with E-state index < -0.39 is 0 Å². The Morgan fingerprint density at radius 2 is 2.19 bits per heavy atom. The number of carbonyl (C=O) groups is 1. The lowest BCUT2D eigenvalue weighted by Crippen LogP contribution is -2.42. The Kier molecular flexibility index (Phi) is 3.63. The quantitative estimate of drug-likeness (QED) is 0.714. The van der Waals surface area contributed by atoms with E-state index in [0.717, 1.165) is 6.42 Å². The predicted octanol–water partition coefficient (Wildman–Crippen LogP) is -0.211. The molecule has 9 heteroatoms. The van der Waals surface area contributed by atoms with Crippen LogP contribution in [0.1, 0.15) is 12.8 Å². The second kappa shape index (κ2) is 5.73. The van der Waals surface area contributed by atoms with Crippen molar-refractivity contribution in [1.29, 1.82) is 0 Å². The van der Waals surface area contributed by atoms with Gasteiger partial charge in [0.25, 0.3) is 5.95 Å². The maximum absolute atomic E-state index is 11.2. The molecule has 1 amide bonds. The highest BCUT2D eigenvalue weighted by Crippen LogP contribution is 2.12. The van der Waals surface area contributed by atoms with E-state index in [0.29, 0.717) is 30.8 Å². The fraction of sp³-hybridized carbons (Fsp3) is 0.417. The summed E-state index contributed by atoms with van der Waals surface area (Å²) in [6, 6.07) is 1.91. The molecule has 0 radical (unpaired) electrons. The van der Waals surface area contributed by atoms with Crippen LogP contribution in [0.25, 0.3) is 5.95 Å². The summed E-state index contributed by atoms with van der Waals surface area (Å²) >= 11 is 0. The second-order valence-electron chi connectivity index (χ2n) is 4.67. The molecule has 2 aromatic heterocycles. The van der Waals surface area contributed by atoms with Crippen LogP contribution < -0.4 is 16.0 Å². The Morgan fingerprint density at radius 1 is 1.33 bits per heavy atom. The van der Waals surface area contributed by atoms with Gasteiger partial charge in [-0.1, -0.05) is 0 Å². The molecule has 1 fully saturated rings. The maximum Gasteiger partial charge on any atom is 0.257 e. The Labute approximate surface area is 121 Å². The van der Waals surface area contributed by atoms with Crippen molar-refractivity contribution >= 4 is 17.8 Å². The van der Waals surface area contributed by atoms with Gasteiger partial charge >= 0.3 is 0 Å². The summed E-state index contributed by atoms with van der Waals surface area (Å²) in [5, 5.41) is 13.0. The van der Waals surface area contributed by atoms with Crippen molar-refractivity contribution in [2.45, 2.75) is 18.9 Å². The molecule has 1 unspecified atom stereocenters. The molecule has 1 aliphatic rings. The molecule has 0 spiro atoms. The number of hydrogen-bond acceptors (Lipinski definition) is 7. The average molecular weight is 288 g/mol. The largest absolute Gasteiger partial charge is 0.357 e. The van der Waals surface area contributed by atoms with Gasteiger partial charge < -0.3 is 16.0 Å². The summed E-state index contributed by atoms with van der Waals surface area (Å²) in [5.74, 6) is 1.43. The lowest BCUT2D eigenvalue weighted by molar-refractivity contribution is -0.122. The minimum absolute atomic E-state index is 0.0804. The highest BCUT2D eigenvalue weighted by atomic mass is 16.1. The minimum atomic E-state index is 0.0804. The van der Waals surface area contributed by atoms with Crippen molar-refractivity contribution in [1.82, 2.24) is 30.0 Å². The Morgan fingerprint density at radius 3 is 2.86 bits per heavy atom. The van der Waals surface area contributed by atoms with Crippen molar-refractivity contribution < 1.29 is 4.79 Å². The predicted molar refractivity (Wildman–Crippen MR) is 76.2 cm³/mol. The summed E-state index contributed by atoms with van der Waals surface area (Å²) in [7, 11) is 1.74. The molecule has 2 aromatic rings. The van der Waals surface area contributed by atoms with Crippen LogP contribution in [0.15, 0.2) is 18.5 Å². The fourth-order valence-corrected chi connectivity index (χ4v) is 2.07. The molecule has 0 saturated carbocycles.